The number of nitrogens with zero attached hydrogens (tertiary/aromatic N) is 2. The molecule has 3 nitrogen and oxygen atoms in total. The fourth-order valence-electron chi connectivity index (χ4n) is 2.64. The van der Waals surface area contributed by atoms with Crippen LogP contribution < -0.4 is 5.32 Å². The number of hydrogen-bond acceptors (Lipinski definition) is 2. The number of hydrogen-bond donors (Lipinski definition) is 1. The molecule has 16 heavy (non-hydrogen) atoms. The lowest BCUT2D eigenvalue weighted by atomic mass is 10.2. The molecule has 1 N–H and O–H groups in total. The van der Waals surface area contributed by atoms with Crippen LogP contribution in [-0.2, 0) is 0 Å². The minimum absolute atomic E-state index is 0.576. The van der Waals surface area contributed by atoms with Gasteiger partial charge in [0.25, 0.3) is 0 Å². The number of aromatic nitrogens is 2. The molecule has 1 fully saturated rings. The quantitative estimate of drug-likeness (QED) is 0.790. The molecule has 0 spiro atoms. The molecule has 1 aromatic carbocycles. The van der Waals surface area contributed by atoms with Gasteiger partial charge in [-0.05, 0) is 44.5 Å². The zero-order valence-corrected chi connectivity index (χ0v) is 9.83. The van der Waals surface area contributed by atoms with Gasteiger partial charge < -0.3 is 9.88 Å². The third-order valence-corrected chi connectivity index (χ3v) is 3.42. The van der Waals surface area contributed by atoms with Crippen molar-refractivity contribution in [1.29, 1.82) is 0 Å². The Morgan fingerprint density at radius 2 is 2.25 bits per heavy atom. The summed E-state index contributed by atoms with van der Waals surface area (Å²) in [5.74, 6) is 1.13. The maximum atomic E-state index is 4.63. The van der Waals surface area contributed by atoms with E-state index in [1.54, 1.807) is 0 Å². The van der Waals surface area contributed by atoms with Crippen molar-refractivity contribution in [3.8, 4) is 0 Å². The van der Waals surface area contributed by atoms with E-state index in [1.165, 1.54) is 17.5 Å². The van der Waals surface area contributed by atoms with Gasteiger partial charge in [0.15, 0.2) is 0 Å². The molecular formula is C13H17N3. The van der Waals surface area contributed by atoms with E-state index in [0.29, 0.717) is 6.04 Å². The third-order valence-electron chi connectivity index (χ3n) is 3.42. The second kappa shape index (κ2) is 3.59. The van der Waals surface area contributed by atoms with Crippen LogP contribution in [0.1, 0.15) is 23.9 Å². The van der Waals surface area contributed by atoms with Crippen molar-refractivity contribution in [2.45, 2.75) is 26.3 Å². The summed E-state index contributed by atoms with van der Waals surface area (Å²) < 4.78 is 2.39. The number of benzene rings is 1. The highest BCUT2D eigenvalue weighted by atomic mass is 15.1. The number of nitrogens with one attached hydrogen (secondary N) is 1. The summed E-state index contributed by atoms with van der Waals surface area (Å²) in [4.78, 5) is 4.63. The smallest absolute Gasteiger partial charge is 0.107 e. The predicted octanol–water partition coefficient (Wildman–Crippen LogP) is 2.19. The first-order chi connectivity index (χ1) is 7.75. The van der Waals surface area contributed by atoms with Crippen LogP contribution in [0.3, 0.4) is 0 Å². The Morgan fingerprint density at radius 1 is 1.38 bits per heavy atom. The molecule has 0 radical (unpaired) electrons. The molecule has 3 heteroatoms. The first-order valence-corrected chi connectivity index (χ1v) is 5.91. The lowest BCUT2D eigenvalue weighted by Gasteiger charge is -2.14. The summed E-state index contributed by atoms with van der Waals surface area (Å²) in [6.07, 6.45) is 1.21. The highest BCUT2D eigenvalue weighted by molar-refractivity contribution is 5.77. The van der Waals surface area contributed by atoms with Gasteiger partial charge in [0.1, 0.15) is 5.82 Å². The van der Waals surface area contributed by atoms with Crippen LogP contribution in [0.2, 0.25) is 0 Å². The molecule has 1 atom stereocenters. The molecule has 0 saturated carbocycles. The highest BCUT2D eigenvalue weighted by Crippen LogP contribution is 2.25. The van der Waals surface area contributed by atoms with Crippen molar-refractivity contribution >= 4 is 11.0 Å². The molecule has 0 aliphatic carbocycles. The number of imidazole rings is 1. The zero-order chi connectivity index (χ0) is 11.1. The van der Waals surface area contributed by atoms with Crippen molar-refractivity contribution in [3.63, 3.8) is 0 Å². The largest absolute Gasteiger partial charge is 0.324 e. The zero-order valence-electron chi connectivity index (χ0n) is 9.83. The summed E-state index contributed by atoms with van der Waals surface area (Å²) in [5.41, 5.74) is 3.71. The maximum Gasteiger partial charge on any atom is 0.107 e. The fraction of sp³-hybridized carbons (Fsp3) is 0.462. The van der Waals surface area contributed by atoms with Gasteiger partial charge in [0.2, 0.25) is 0 Å². The summed E-state index contributed by atoms with van der Waals surface area (Å²) >= 11 is 0. The molecule has 1 aromatic heterocycles. The summed E-state index contributed by atoms with van der Waals surface area (Å²) in [6, 6.07) is 7.07. The molecule has 0 bridgehead atoms. The van der Waals surface area contributed by atoms with Gasteiger partial charge in [-0.15, -0.1) is 0 Å². The lowest BCUT2D eigenvalue weighted by Crippen LogP contribution is -2.14. The Bertz CT molecular complexity index is 521. The van der Waals surface area contributed by atoms with E-state index in [4.69, 9.17) is 0 Å². The van der Waals surface area contributed by atoms with E-state index in [-0.39, 0.29) is 0 Å². The molecule has 0 unspecified atom stereocenters. The predicted molar refractivity (Wildman–Crippen MR) is 65.7 cm³/mol. The van der Waals surface area contributed by atoms with Crippen LogP contribution in [0.5, 0.6) is 0 Å². The molecule has 3 rings (SSSR count). The molecule has 1 aliphatic heterocycles. The van der Waals surface area contributed by atoms with Crippen LogP contribution in [0.15, 0.2) is 18.2 Å². The molecule has 2 heterocycles. The minimum Gasteiger partial charge on any atom is -0.324 e. The van der Waals surface area contributed by atoms with E-state index in [1.807, 2.05) is 0 Å². The minimum atomic E-state index is 0.576. The van der Waals surface area contributed by atoms with Crippen LogP contribution in [0, 0.1) is 13.8 Å². The Labute approximate surface area is 95.5 Å². The molecule has 0 amide bonds. The van der Waals surface area contributed by atoms with Crippen molar-refractivity contribution in [2.75, 3.05) is 13.1 Å². The lowest BCUT2D eigenvalue weighted by molar-refractivity contribution is 0.548. The number of rotatable bonds is 1. The second-order valence-corrected chi connectivity index (χ2v) is 4.67. The average Bonchev–Trinajstić information content (AvgIpc) is 2.83. The Morgan fingerprint density at radius 3 is 3.00 bits per heavy atom. The average molecular weight is 215 g/mol. The third kappa shape index (κ3) is 1.43. The molecular weight excluding hydrogens is 198 g/mol. The van der Waals surface area contributed by atoms with Gasteiger partial charge in [-0.1, -0.05) is 6.07 Å². The maximum absolute atomic E-state index is 4.63. The van der Waals surface area contributed by atoms with E-state index in [9.17, 15) is 0 Å². The van der Waals surface area contributed by atoms with E-state index in [2.05, 4.69) is 46.9 Å². The van der Waals surface area contributed by atoms with Gasteiger partial charge in [0.05, 0.1) is 11.0 Å². The van der Waals surface area contributed by atoms with Crippen LogP contribution >= 0.6 is 0 Å². The standard InChI is InChI=1S/C13H17N3/c1-9-3-4-12-13(7-9)16(10(2)15-12)11-5-6-14-8-11/h3-4,7,11,14H,5-6,8H2,1-2H3/t11-/m0/s1. The second-order valence-electron chi connectivity index (χ2n) is 4.67. The van der Waals surface area contributed by atoms with Gasteiger partial charge >= 0.3 is 0 Å². The van der Waals surface area contributed by atoms with Gasteiger partial charge in [-0.2, -0.15) is 0 Å². The normalized spacial score (nSPS) is 20.8. The molecule has 2 aromatic rings. The Hall–Kier alpha value is -1.35. The summed E-state index contributed by atoms with van der Waals surface area (Å²) in [7, 11) is 0. The first-order valence-electron chi connectivity index (χ1n) is 5.91. The Kier molecular flexibility index (Phi) is 2.21. The SMILES string of the molecule is Cc1ccc2nc(C)n([C@H]3CCNC3)c2c1. The summed E-state index contributed by atoms with van der Waals surface area (Å²) in [5, 5.41) is 3.42. The highest BCUT2D eigenvalue weighted by Gasteiger charge is 2.20. The fourth-order valence-corrected chi connectivity index (χ4v) is 2.64. The van der Waals surface area contributed by atoms with Gasteiger partial charge in [0, 0.05) is 12.6 Å². The molecule has 1 aliphatic rings. The van der Waals surface area contributed by atoms with Crippen LogP contribution in [0.25, 0.3) is 11.0 Å². The van der Waals surface area contributed by atoms with E-state index < -0.39 is 0 Å². The van der Waals surface area contributed by atoms with Gasteiger partial charge in [-0.3, -0.25) is 0 Å². The van der Waals surface area contributed by atoms with Crippen molar-refractivity contribution < 1.29 is 0 Å². The van der Waals surface area contributed by atoms with Crippen molar-refractivity contribution in [3.05, 3.63) is 29.6 Å². The van der Waals surface area contributed by atoms with E-state index in [0.717, 1.165) is 24.4 Å². The van der Waals surface area contributed by atoms with E-state index >= 15 is 0 Å². The van der Waals surface area contributed by atoms with Gasteiger partial charge in [-0.25, -0.2) is 4.98 Å². The Balaban J connectivity index is 2.20. The topological polar surface area (TPSA) is 29.9 Å². The molecule has 84 valence electrons. The van der Waals surface area contributed by atoms with Crippen LogP contribution in [-0.4, -0.2) is 22.6 Å². The summed E-state index contributed by atoms with van der Waals surface area (Å²) in [6.45, 7) is 6.43. The van der Waals surface area contributed by atoms with Crippen molar-refractivity contribution in [2.24, 2.45) is 0 Å². The van der Waals surface area contributed by atoms with Crippen molar-refractivity contribution in [1.82, 2.24) is 14.9 Å². The number of fused-ring (bicyclic) bond motifs is 1. The first kappa shape index (κ1) is 9.85. The number of aryl methyl sites for hydroxylation is 2. The molecule has 1 saturated heterocycles. The monoisotopic (exact) mass is 215 g/mol. The van der Waals surface area contributed by atoms with Crippen LogP contribution in [0.4, 0.5) is 0 Å².